The first-order valence-corrected chi connectivity index (χ1v) is 8.70. The number of carboxylic acids is 1. The Balaban J connectivity index is 1.64. The van der Waals surface area contributed by atoms with Gasteiger partial charge in [0.05, 0.1) is 24.1 Å². The van der Waals surface area contributed by atoms with Crippen molar-refractivity contribution in [2.45, 2.75) is 32.4 Å². The van der Waals surface area contributed by atoms with Gasteiger partial charge >= 0.3 is 5.97 Å². The van der Waals surface area contributed by atoms with Gasteiger partial charge in [0, 0.05) is 11.9 Å². The Morgan fingerprint density at radius 2 is 2.27 bits per heavy atom. The summed E-state index contributed by atoms with van der Waals surface area (Å²) in [5, 5.41) is 10.4. The lowest BCUT2D eigenvalue weighted by Crippen LogP contribution is -2.14. The fourth-order valence-corrected chi connectivity index (χ4v) is 3.18. The van der Waals surface area contributed by atoms with Gasteiger partial charge in [-0.25, -0.2) is 9.78 Å². The minimum absolute atomic E-state index is 0.104. The molecule has 1 atom stereocenters. The Morgan fingerprint density at radius 3 is 2.92 bits per heavy atom. The van der Waals surface area contributed by atoms with Crippen LogP contribution in [0.4, 0.5) is 4.39 Å². The lowest BCUT2D eigenvalue weighted by molar-refractivity contribution is 0.0685. The van der Waals surface area contributed by atoms with E-state index in [-0.39, 0.29) is 11.7 Å². The molecule has 0 radical (unpaired) electrons. The largest absolute Gasteiger partial charge is 0.489 e. The van der Waals surface area contributed by atoms with E-state index in [4.69, 9.17) is 4.74 Å². The molecular weight excluding hydrogens is 337 g/mol. The summed E-state index contributed by atoms with van der Waals surface area (Å²) in [5.74, 6) is -0.286. The Bertz CT molecular complexity index is 958. The van der Waals surface area contributed by atoms with Gasteiger partial charge in [-0.05, 0) is 37.8 Å². The predicted molar refractivity (Wildman–Crippen MR) is 94.0 cm³/mol. The number of hydrogen-bond donors (Lipinski definition) is 1. The molecule has 0 bridgehead atoms. The highest BCUT2D eigenvalue weighted by Gasteiger charge is 2.26. The van der Waals surface area contributed by atoms with Crippen molar-refractivity contribution >= 4 is 16.9 Å². The standard InChI is InChI=1S/C19H20FN3O3/c1-12(22-9-17(20)21-11-22)10-26-16-4-2-3-14-7-15(19(24)25)23(18(14)16)8-13-5-6-13/h2-4,7,9,11-13H,5-6,8,10H2,1H3,(H,24,25). The Hall–Kier alpha value is -2.83. The van der Waals surface area contributed by atoms with Crippen molar-refractivity contribution in [3.05, 3.63) is 48.4 Å². The zero-order valence-electron chi connectivity index (χ0n) is 14.4. The molecule has 1 aliphatic carbocycles. The lowest BCUT2D eigenvalue weighted by atomic mass is 10.2. The number of benzene rings is 1. The first kappa shape index (κ1) is 16.6. The second-order valence-electron chi connectivity index (χ2n) is 6.89. The molecule has 4 rings (SSSR count). The average Bonchev–Trinajstić information content (AvgIpc) is 3.19. The van der Waals surface area contributed by atoms with Crippen LogP contribution in [0.5, 0.6) is 5.75 Å². The van der Waals surface area contributed by atoms with E-state index in [1.165, 1.54) is 12.5 Å². The summed E-state index contributed by atoms with van der Waals surface area (Å²) in [6, 6.07) is 7.19. The number of para-hydroxylation sites is 1. The van der Waals surface area contributed by atoms with Crippen molar-refractivity contribution < 1.29 is 19.0 Å². The molecule has 3 aromatic rings. The number of carboxylic acid groups (broad SMARTS) is 1. The van der Waals surface area contributed by atoms with Crippen molar-refractivity contribution in [3.63, 3.8) is 0 Å². The molecule has 1 aliphatic rings. The number of rotatable bonds is 7. The number of hydrogen-bond acceptors (Lipinski definition) is 3. The number of ether oxygens (including phenoxy) is 1. The van der Waals surface area contributed by atoms with Crippen LogP contribution in [0.3, 0.4) is 0 Å². The van der Waals surface area contributed by atoms with Crippen LogP contribution < -0.4 is 4.74 Å². The van der Waals surface area contributed by atoms with Crippen LogP contribution in [0, 0.1) is 11.9 Å². The molecule has 2 aromatic heterocycles. The average molecular weight is 357 g/mol. The normalized spacial score (nSPS) is 15.3. The highest BCUT2D eigenvalue weighted by Crippen LogP contribution is 2.36. The second kappa shape index (κ2) is 6.48. The van der Waals surface area contributed by atoms with E-state index in [2.05, 4.69) is 4.98 Å². The van der Waals surface area contributed by atoms with Crippen molar-refractivity contribution in [2.75, 3.05) is 6.61 Å². The van der Waals surface area contributed by atoms with E-state index < -0.39 is 11.9 Å². The van der Waals surface area contributed by atoms with Gasteiger partial charge in [-0.3, -0.25) is 0 Å². The number of fused-ring (bicyclic) bond motifs is 1. The Morgan fingerprint density at radius 1 is 1.46 bits per heavy atom. The molecule has 1 unspecified atom stereocenters. The van der Waals surface area contributed by atoms with Crippen LogP contribution >= 0.6 is 0 Å². The summed E-state index contributed by atoms with van der Waals surface area (Å²) in [6.07, 6.45) is 5.02. The van der Waals surface area contributed by atoms with Crippen molar-refractivity contribution in [1.29, 1.82) is 0 Å². The van der Waals surface area contributed by atoms with Gasteiger partial charge in [-0.1, -0.05) is 12.1 Å². The molecule has 1 saturated carbocycles. The summed E-state index contributed by atoms with van der Waals surface area (Å²) >= 11 is 0. The zero-order valence-corrected chi connectivity index (χ0v) is 14.4. The molecule has 1 N–H and O–H groups in total. The van der Waals surface area contributed by atoms with E-state index in [0.717, 1.165) is 23.7 Å². The quantitative estimate of drug-likeness (QED) is 0.700. The second-order valence-corrected chi connectivity index (χ2v) is 6.89. The highest BCUT2D eigenvalue weighted by molar-refractivity contribution is 5.96. The fraction of sp³-hybridized carbons (Fsp3) is 0.368. The van der Waals surface area contributed by atoms with Crippen molar-refractivity contribution in [2.24, 2.45) is 5.92 Å². The van der Waals surface area contributed by atoms with Gasteiger partial charge in [0.25, 0.3) is 0 Å². The molecule has 1 fully saturated rings. The molecule has 0 amide bonds. The SMILES string of the molecule is CC(COc1cccc2cc(C(=O)O)n(CC3CC3)c12)n1cnc(F)c1. The van der Waals surface area contributed by atoms with E-state index in [1.54, 1.807) is 10.6 Å². The van der Waals surface area contributed by atoms with Gasteiger partial charge < -0.3 is 19.0 Å². The molecule has 0 aliphatic heterocycles. The van der Waals surface area contributed by atoms with Crippen LogP contribution in [0.25, 0.3) is 10.9 Å². The number of imidazole rings is 1. The third-order valence-corrected chi connectivity index (χ3v) is 4.80. The minimum Gasteiger partial charge on any atom is -0.489 e. The highest BCUT2D eigenvalue weighted by atomic mass is 19.1. The number of halogens is 1. The molecular formula is C19H20FN3O3. The van der Waals surface area contributed by atoms with Gasteiger partial charge in [-0.2, -0.15) is 4.39 Å². The number of aromatic nitrogens is 3. The monoisotopic (exact) mass is 357 g/mol. The Labute approximate surface area is 149 Å². The maximum atomic E-state index is 13.1. The van der Waals surface area contributed by atoms with Crippen LogP contribution in [0.2, 0.25) is 0 Å². The van der Waals surface area contributed by atoms with Crippen LogP contribution in [-0.2, 0) is 6.54 Å². The third kappa shape index (κ3) is 3.16. The summed E-state index contributed by atoms with van der Waals surface area (Å²) in [7, 11) is 0. The molecule has 136 valence electrons. The minimum atomic E-state index is -0.935. The number of nitrogens with zero attached hydrogens (tertiary/aromatic N) is 3. The molecule has 0 spiro atoms. The van der Waals surface area contributed by atoms with Crippen LogP contribution in [0.15, 0.2) is 36.8 Å². The Kier molecular flexibility index (Phi) is 4.14. The number of carbonyl (C=O) groups is 1. The molecule has 0 saturated heterocycles. The first-order valence-electron chi connectivity index (χ1n) is 8.70. The van der Waals surface area contributed by atoms with Gasteiger partial charge in [0.2, 0.25) is 5.95 Å². The van der Waals surface area contributed by atoms with Gasteiger partial charge in [0.15, 0.2) is 0 Å². The van der Waals surface area contributed by atoms with E-state index in [9.17, 15) is 14.3 Å². The molecule has 2 heterocycles. The number of aromatic carboxylic acids is 1. The smallest absolute Gasteiger partial charge is 0.352 e. The predicted octanol–water partition coefficient (Wildman–Crippen LogP) is 3.73. The summed E-state index contributed by atoms with van der Waals surface area (Å²) < 4.78 is 22.6. The lowest BCUT2D eigenvalue weighted by Gasteiger charge is -2.16. The molecule has 1 aromatic carbocycles. The van der Waals surface area contributed by atoms with Crippen LogP contribution in [-0.4, -0.2) is 31.8 Å². The van der Waals surface area contributed by atoms with E-state index >= 15 is 0 Å². The third-order valence-electron chi connectivity index (χ3n) is 4.80. The fourth-order valence-electron chi connectivity index (χ4n) is 3.18. The van der Waals surface area contributed by atoms with Gasteiger partial charge in [0.1, 0.15) is 18.1 Å². The molecule has 7 heteroatoms. The molecule has 26 heavy (non-hydrogen) atoms. The summed E-state index contributed by atoms with van der Waals surface area (Å²) in [5.41, 5.74) is 1.09. The first-order chi connectivity index (χ1) is 12.5. The van der Waals surface area contributed by atoms with Crippen molar-refractivity contribution in [1.82, 2.24) is 14.1 Å². The summed E-state index contributed by atoms with van der Waals surface area (Å²) in [4.78, 5) is 15.2. The zero-order chi connectivity index (χ0) is 18.3. The van der Waals surface area contributed by atoms with Crippen LogP contribution in [0.1, 0.15) is 36.3 Å². The topological polar surface area (TPSA) is 69.3 Å². The maximum Gasteiger partial charge on any atom is 0.352 e. The van der Waals surface area contributed by atoms with Gasteiger partial charge in [-0.15, -0.1) is 0 Å². The van der Waals surface area contributed by atoms with E-state index in [0.29, 0.717) is 24.8 Å². The summed E-state index contributed by atoms with van der Waals surface area (Å²) in [6.45, 7) is 2.92. The van der Waals surface area contributed by atoms with Crippen molar-refractivity contribution in [3.8, 4) is 5.75 Å². The maximum absolute atomic E-state index is 13.1. The molecule has 6 nitrogen and oxygen atoms in total. The van der Waals surface area contributed by atoms with E-state index in [1.807, 2.05) is 29.7 Å².